The number of likely N-dealkylation sites (tertiary alicyclic amines) is 1. The normalized spacial score (nSPS) is 15.7. The van der Waals surface area contributed by atoms with Crippen LogP contribution >= 0.6 is 0 Å². The van der Waals surface area contributed by atoms with Crippen LogP contribution in [0.3, 0.4) is 0 Å². The number of aliphatic hydroxyl groups is 1. The van der Waals surface area contributed by atoms with E-state index in [-0.39, 0.29) is 43.5 Å². The highest BCUT2D eigenvalue weighted by Gasteiger charge is 2.31. The molecular weight excluding hydrogens is 544 g/mol. The molecule has 2 amide bonds. The number of aliphatic hydroxyl groups excluding tert-OH is 1. The number of esters is 1. The number of nitrogens with zero attached hydrogens (tertiary/aromatic N) is 1. The molecule has 0 saturated carbocycles. The summed E-state index contributed by atoms with van der Waals surface area (Å²) in [7, 11) is 0. The Morgan fingerprint density at radius 1 is 1.02 bits per heavy atom. The molecule has 0 aromatic heterocycles. The van der Waals surface area contributed by atoms with Crippen LogP contribution in [-0.4, -0.2) is 59.6 Å². The third kappa shape index (κ3) is 11.7. The summed E-state index contributed by atoms with van der Waals surface area (Å²) in [6, 6.07) is 16.9. The van der Waals surface area contributed by atoms with E-state index in [1.165, 1.54) is 0 Å². The predicted molar refractivity (Wildman–Crippen MR) is 167 cm³/mol. The van der Waals surface area contributed by atoms with Crippen molar-refractivity contribution in [3.05, 3.63) is 91.0 Å². The molecular formula is C35H46N2O6. The largest absolute Gasteiger partial charge is 0.489 e. The Hall–Kier alpha value is -3.91. The highest BCUT2D eigenvalue weighted by atomic mass is 16.5. The van der Waals surface area contributed by atoms with Crippen LogP contribution < -0.4 is 10.1 Å². The quantitative estimate of drug-likeness (QED) is 0.133. The Labute approximate surface area is 255 Å². The van der Waals surface area contributed by atoms with Gasteiger partial charge >= 0.3 is 5.97 Å². The number of unbranched alkanes of at least 4 members (excludes halogenated alkanes) is 2. The number of benzene rings is 2. The Bertz CT molecular complexity index is 1170. The minimum Gasteiger partial charge on any atom is -0.489 e. The Morgan fingerprint density at radius 2 is 1.79 bits per heavy atom. The molecule has 1 saturated heterocycles. The van der Waals surface area contributed by atoms with E-state index in [0.29, 0.717) is 38.8 Å². The molecule has 2 aromatic rings. The van der Waals surface area contributed by atoms with Gasteiger partial charge in [0, 0.05) is 19.4 Å². The second-order valence-corrected chi connectivity index (χ2v) is 11.0. The van der Waals surface area contributed by atoms with Crippen LogP contribution in [0.25, 0.3) is 0 Å². The zero-order valence-corrected chi connectivity index (χ0v) is 25.1. The average molecular weight is 591 g/mol. The van der Waals surface area contributed by atoms with E-state index in [0.717, 1.165) is 42.6 Å². The molecule has 8 nitrogen and oxygen atoms in total. The number of carbonyl (C=O) groups excluding carboxylic acids is 3. The number of carbonyl (C=O) groups is 3. The van der Waals surface area contributed by atoms with E-state index < -0.39 is 12.0 Å². The molecule has 8 heteroatoms. The van der Waals surface area contributed by atoms with Crippen molar-refractivity contribution in [2.24, 2.45) is 5.92 Å². The summed E-state index contributed by atoms with van der Waals surface area (Å²) in [5, 5.41) is 12.7. The maximum atomic E-state index is 13.4. The standard InChI is InChI=1S/C35H46N2O6/c1-3-5-6-10-16-34(40)43-26-30(22-27-17-19-32(20-18-27)42-25-28-13-8-7-9-14-28)36-35(41)29(12-4-2)23-33(39)37-21-11-15-31(37)24-38/h3-4,7-9,13-14,17-20,29-31,38H,1-2,5-6,10-12,15-16,21-26H2,(H,36,41). The minimum atomic E-state index is -0.615. The first kappa shape index (κ1) is 33.6. The van der Waals surface area contributed by atoms with Crippen LogP contribution in [0.15, 0.2) is 79.9 Å². The van der Waals surface area contributed by atoms with Gasteiger partial charge in [0.15, 0.2) is 0 Å². The molecule has 232 valence electrons. The number of allylic oxidation sites excluding steroid dienone is 2. The van der Waals surface area contributed by atoms with Gasteiger partial charge in [0.25, 0.3) is 0 Å². The van der Waals surface area contributed by atoms with Crippen LogP contribution in [0.2, 0.25) is 0 Å². The number of nitrogens with one attached hydrogen (secondary N) is 1. The van der Waals surface area contributed by atoms with E-state index in [2.05, 4.69) is 18.5 Å². The highest BCUT2D eigenvalue weighted by Crippen LogP contribution is 2.21. The molecule has 1 aliphatic rings. The third-order valence-electron chi connectivity index (χ3n) is 7.64. The van der Waals surface area contributed by atoms with Crippen molar-refractivity contribution in [3.63, 3.8) is 0 Å². The van der Waals surface area contributed by atoms with E-state index in [4.69, 9.17) is 9.47 Å². The maximum absolute atomic E-state index is 13.4. The molecule has 43 heavy (non-hydrogen) atoms. The Morgan fingerprint density at radius 3 is 2.49 bits per heavy atom. The van der Waals surface area contributed by atoms with E-state index in [1.807, 2.05) is 60.7 Å². The fourth-order valence-corrected chi connectivity index (χ4v) is 5.21. The first-order chi connectivity index (χ1) is 20.9. The summed E-state index contributed by atoms with van der Waals surface area (Å²) in [6.45, 7) is 8.46. The summed E-state index contributed by atoms with van der Waals surface area (Å²) < 4.78 is 11.5. The summed E-state index contributed by atoms with van der Waals surface area (Å²) in [5.74, 6) is -0.632. The van der Waals surface area contributed by atoms with Crippen LogP contribution in [0.1, 0.15) is 62.5 Å². The SMILES string of the molecule is C=CCCCCC(=O)OCC(Cc1ccc(OCc2ccccc2)cc1)NC(=O)C(CC=C)CC(=O)N1CCCC1CO. The monoisotopic (exact) mass is 590 g/mol. The predicted octanol–water partition coefficient (Wildman–Crippen LogP) is 5.15. The zero-order chi connectivity index (χ0) is 30.9. The van der Waals surface area contributed by atoms with Gasteiger partial charge in [0.1, 0.15) is 19.0 Å². The van der Waals surface area contributed by atoms with Crippen molar-refractivity contribution in [2.75, 3.05) is 19.8 Å². The molecule has 1 heterocycles. The lowest BCUT2D eigenvalue weighted by Crippen LogP contribution is -2.45. The van der Waals surface area contributed by atoms with Gasteiger partial charge in [-0.15, -0.1) is 13.2 Å². The number of amides is 2. The number of hydrogen-bond donors (Lipinski definition) is 2. The number of rotatable bonds is 19. The van der Waals surface area contributed by atoms with Crippen molar-refractivity contribution in [2.45, 2.75) is 76.5 Å². The third-order valence-corrected chi connectivity index (χ3v) is 7.64. The summed E-state index contributed by atoms with van der Waals surface area (Å²) in [6.07, 6.45) is 8.57. The molecule has 3 atom stereocenters. The molecule has 0 spiro atoms. The smallest absolute Gasteiger partial charge is 0.305 e. The summed E-state index contributed by atoms with van der Waals surface area (Å²) in [5.41, 5.74) is 2.02. The lowest BCUT2D eigenvalue weighted by Gasteiger charge is -2.26. The lowest BCUT2D eigenvalue weighted by atomic mass is 9.98. The number of hydrogen-bond acceptors (Lipinski definition) is 6. The average Bonchev–Trinajstić information content (AvgIpc) is 3.51. The van der Waals surface area contributed by atoms with Gasteiger partial charge in [-0.05, 0) is 68.2 Å². The van der Waals surface area contributed by atoms with Gasteiger partial charge in [0.2, 0.25) is 11.8 Å². The van der Waals surface area contributed by atoms with Gasteiger partial charge in [-0.25, -0.2) is 0 Å². The van der Waals surface area contributed by atoms with Crippen LogP contribution in [0, 0.1) is 5.92 Å². The first-order valence-corrected chi connectivity index (χ1v) is 15.3. The second-order valence-electron chi connectivity index (χ2n) is 11.0. The van der Waals surface area contributed by atoms with Gasteiger partial charge in [-0.1, -0.05) is 54.6 Å². The van der Waals surface area contributed by atoms with Crippen molar-refractivity contribution >= 4 is 17.8 Å². The van der Waals surface area contributed by atoms with Gasteiger partial charge < -0.3 is 24.8 Å². The van der Waals surface area contributed by atoms with Crippen molar-refractivity contribution in [3.8, 4) is 5.75 Å². The zero-order valence-electron chi connectivity index (χ0n) is 25.1. The Balaban J connectivity index is 1.63. The molecule has 1 fully saturated rings. The second kappa shape index (κ2) is 18.6. The molecule has 0 aliphatic carbocycles. The van der Waals surface area contributed by atoms with Crippen molar-refractivity contribution < 1.29 is 29.0 Å². The van der Waals surface area contributed by atoms with Gasteiger partial charge in [-0.3, -0.25) is 14.4 Å². The lowest BCUT2D eigenvalue weighted by molar-refractivity contribution is -0.145. The fourth-order valence-electron chi connectivity index (χ4n) is 5.21. The van der Waals surface area contributed by atoms with Crippen LogP contribution in [0.5, 0.6) is 5.75 Å². The maximum Gasteiger partial charge on any atom is 0.305 e. The molecule has 3 unspecified atom stereocenters. The minimum absolute atomic E-state index is 0.0196. The first-order valence-electron chi connectivity index (χ1n) is 15.3. The van der Waals surface area contributed by atoms with Crippen LogP contribution in [-0.2, 0) is 32.1 Å². The fraction of sp³-hybridized carbons (Fsp3) is 0.457. The highest BCUT2D eigenvalue weighted by molar-refractivity contribution is 5.86. The van der Waals surface area contributed by atoms with Crippen molar-refractivity contribution in [1.82, 2.24) is 10.2 Å². The molecule has 3 rings (SSSR count). The molecule has 0 bridgehead atoms. The van der Waals surface area contributed by atoms with Gasteiger partial charge in [0.05, 0.1) is 24.6 Å². The molecule has 2 N–H and O–H groups in total. The van der Waals surface area contributed by atoms with Crippen LogP contribution in [0.4, 0.5) is 0 Å². The molecule has 2 aromatic carbocycles. The summed E-state index contributed by atoms with van der Waals surface area (Å²) >= 11 is 0. The van der Waals surface area contributed by atoms with E-state index in [9.17, 15) is 19.5 Å². The van der Waals surface area contributed by atoms with E-state index >= 15 is 0 Å². The van der Waals surface area contributed by atoms with Crippen molar-refractivity contribution in [1.29, 1.82) is 0 Å². The van der Waals surface area contributed by atoms with Gasteiger partial charge in [-0.2, -0.15) is 0 Å². The topological polar surface area (TPSA) is 105 Å². The molecule has 0 radical (unpaired) electrons. The molecule has 1 aliphatic heterocycles. The van der Waals surface area contributed by atoms with E-state index in [1.54, 1.807) is 11.0 Å². The Kier molecular flexibility index (Phi) is 14.5. The number of ether oxygens (including phenoxy) is 2. The summed E-state index contributed by atoms with van der Waals surface area (Å²) in [4.78, 5) is 40.6.